The van der Waals surface area contributed by atoms with Crippen molar-refractivity contribution in [1.82, 2.24) is 4.90 Å². The number of carbonyl (C=O) groups is 1. The van der Waals surface area contributed by atoms with Gasteiger partial charge in [-0.25, -0.2) is 0 Å². The van der Waals surface area contributed by atoms with E-state index in [9.17, 15) is 4.79 Å². The van der Waals surface area contributed by atoms with Gasteiger partial charge in [0.05, 0.1) is 0 Å². The van der Waals surface area contributed by atoms with Crippen LogP contribution in [-0.4, -0.2) is 23.9 Å². The zero-order chi connectivity index (χ0) is 16.8. The summed E-state index contributed by atoms with van der Waals surface area (Å²) in [6.45, 7) is 1.22. The van der Waals surface area contributed by atoms with Crippen molar-refractivity contribution < 1.29 is 9.53 Å². The van der Waals surface area contributed by atoms with Gasteiger partial charge in [-0.05, 0) is 48.4 Å². The van der Waals surface area contributed by atoms with Crippen LogP contribution in [0.15, 0.2) is 66.2 Å². The average Bonchev–Trinajstić information content (AvgIpc) is 3.05. The zero-order valence-electron chi connectivity index (χ0n) is 13.1. The Kier molecular flexibility index (Phi) is 4.78. The van der Waals surface area contributed by atoms with E-state index in [0.717, 1.165) is 17.7 Å². The largest absolute Gasteiger partial charge is 0.457 e. The molecule has 0 unspecified atom stereocenters. The second kappa shape index (κ2) is 7.34. The minimum absolute atomic E-state index is 0.179. The van der Waals surface area contributed by atoms with Crippen LogP contribution in [0.1, 0.15) is 6.42 Å². The third-order valence-corrected chi connectivity index (χ3v) is 3.67. The van der Waals surface area contributed by atoms with Crippen molar-refractivity contribution in [2.24, 2.45) is 0 Å². The molecule has 0 spiro atoms. The van der Waals surface area contributed by atoms with E-state index in [4.69, 9.17) is 10.00 Å². The Hall–Kier alpha value is -3.26. The Balaban J connectivity index is 1.57. The summed E-state index contributed by atoms with van der Waals surface area (Å²) >= 11 is 0. The van der Waals surface area contributed by atoms with Crippen LogP contribution in [0.4, 0.5) is 5.69 Å². The Morgan fingerprint density at radius 1 is 1.12 bits per heavy atom. The molecule has 1 heterocycles. The lowest BCUT2D eigenvalue weighted by molar-refractivity contribution is -0.112. The van der Waals surface area contributed by atoms with Crippen molar-refractivity contribution >= 4 is 11.6 Å². The van der Waals surface area contributed by atoms with Crippen LogP contribution in [-0.2, 0) is 4.79 Å². The maximum Gasteiger partial charge on any atom is 0.248 e. The normalized spacial score (nSPS) is 15.1. The lowest BCUT2D eigenvalue weighted by atomic mass is 10.2. The lowest BCUT2D eigenvalue weighted by Crippen LogP contribution is -2.12. The number of carbonyl (C=O) groups excluding carboxylic acids is 1. The molecule has 24 heavy (non-hydrogen) atoms. The van der Waals surface area contributed by atoms with Gasteiger partial charge in [0.15, 0.2) is 6.19 Å². The Bertz CT molecular complexity index is 777. The van der Waals surface area contributed by atoms with Crippen LogP contribution in [0.2, 0.25) is 0 Å². The maximum absolute atomic E-state index is 12.0. The van der Waals surface area contributed by atoms with Crippen molar-refractivity contribution in [3.63, 3.8) is 0 Å². The van der Waals surface area contributed by atoms with Crippen LogP contribution >= 0.6 is 0 Å². The van der Waals surface area contributed by atoms with E-state index in [1.165, 1.54) is 0 Å². The van der Waals surface area contributed by atoms with Crippen LogP contribution in [0.3, 0.4) is 0 Å². The average molecular weight is 319 g/mol. The van der Waals surface area contributed by atoms with E-state index >= 15 is 0 Å². The molecule has 0 aromatic heterocycles. The summed E-state index contributed by atoms with van der Waals surface area (Å²) in [4.78, 5) is 13.7. The number of ether oxygens (including phenoxy) is 1. The van der Waals surface area contributed by atoms with Gasteiger partial charge >= 0.3 is 0 Å². The molecule has 1 fully saturated rings. The van der Waals surface area contributed by atoms with Gasteiger partial charge < -0.3 is 15.0 Å². The molecule has 2 aromatic rings. The first-order valence-electron chi connectivity index (χ1n) is 7.71. The molecule has 1 amide bonds. The van der Waals surface area contributed by atoms with Crippen molar-refractivity contribution in [1.29, 1.82) is 5.26 Å². The smallest absolute Gasteiger partial charge is 0.248 e. The molecule has 0 radical (unpaired) electrons. The van der Waals surface area contributed by atoms with Crippen molar-refractivity contribution in [3.8, 4) is 17.7 Å². The number of likely N-dealkylation sites (tertiary alicyclic amines) is 1. The number of hydrogen-bond donors (Lipinski definition) is 1. The highest BCUT2D eigenvalue weighted by atomic mass is 16.5. The Labute approximate surface area is 140 Å². The fourth-order valence-electron chi connectivity index (χ4n) is 2.48. The Morgan fingerprint density at radius 3 is 2.50 bits per heavy atom. The summed E-state index contributed by atoms with van der Waals surface area (Å²) in [6, 6.07) is 16.7. The highest BCUT2D eigenvalue weighted by Gasteiger charge is 2.15. The second-order valence-corrected chi connectivity index (χ2v) is 5.50. The first-order chi connectivity index (χ1) is 11.7. The van der Waals surface area contributed by atoms with Gasteiger partial charge in [0.1, 0.15) is 11.5 Å². The molecule has 120 valence electrons. The van der Waals surface area contributed by atoms with E-state index in [0.29, 0.717) is 24.5 Å². The number of benzene rings is 2. The molecular weight excluding hydrogens is 302 g/mol. The molecule has 0 bridgehead atoms. The van der Waals surface area contributed by atoms with Crippen LogP contribution in [0.25, 0.3) is 0 Å². The Morgan fingerprint density at radius 2 is 1.83 bits per heavy atom. The predicted molar refractivity (Wildman–Crippen MR) is 91.5 cm³/mol. The highest BCUT2D eigenvalue weighted by molar-refractivity contribution is 5.99. The summed E-state index contributed by atoms with van der Waals surface area (Å²) in [5.74, 6) is 1.29. The van der Waals surface area contributed by atoms with Crippen LogP contribution in [0.5, 0.6) is 11.5 Å². The first-order valence-corrected chi connectivity index (χ1v) is 7.71. The lowest BCUT2D eigenvalue weighted by Gasteiger charge is -2.07. The fraction of sp³-hybridized carbons (Fsp3) is 0.158. The van der Waals surface area contributed by atoms with E-state index in [-0.39, 0.29) is 5.91 Å². The molecule has 3 rings (SSSR count). The number of nitrogens with zero attached hydrogens (tertiary/aromatic N) is 2. The molecule has 2 aromatic carbocycles. The quantitative estimate of drug-likeness (QED) is 0.691. The summed E-state index contributed by atoms with van der Waals surface area (Å²) in [6.07, 6.45) is 4.42. The third-order valence-electron chi connectivity index (χ3n) is 3.67. The molecule has 0 atom stereocenters. The molecular formula is C19H17N3O2. The molecule has 1 N–H and O–H groups in total. The molecule has 0 aliphatic carbocycles. The third kappa shape index (κ3) is 4.14. The molecule has 1 aliphatic heterocycles. The van der Waals surface area contributed by atoms with Gasteiger partial charge in [0, 0.05) is 24.9 Å². The minimum atomic E-state index is -0.179. The minimum Gasteiger partial charge on any atom is -0.457 e. The standard InChI is InChI=1S/C19H17N3O2/c20-14-22-11-10-15(13-22)12-19(23)21-16-6-8-18(9-7-16)24-17-4-2-1-3-5-17/h1-9,12H,10-11,13H2,(H,21,23). The molecule has 5 nitrogen and oxygen atoms in total. The maximum atomic E-state index is 12.0. The molecule has 5 heteroatoms. The van der Waals surface area contributed by atoms with Crippen LogP contribution < -0.4 is 10.1 Å². The van der Waals surface area contributed by atoms with Crippen LogP contribution in [0, 0.1) is 11.5 Å². The van der Waals surface area contributed by atoms with Gasteiger partial charge in [-0.3, -0.25) is 4.79 Å². The number of amides is 1. The van der Waals surface area contributed by atoms with Crippen molar-refractivity contribution in [3.05, 3.63) is 66.2 Å². The van der Waals surface area contributed by atoms with Crippen molar-refractivity contribution in [2.75, 3.05) is 18.4 Å². The van der Waals surface area contributed by atoms with E-state index in [1.807, 2.05) is 42.5 Å². The number of anilines is 1. The number of rotatable bonds is 4. The van der Waals surface area contributed by atoms with E-state index in [2.05, 4.69) is 11.5 Å². The fourth-order valence-corrected chi connectivity index (χ4v) is 2.48. The van der Waals surface area contributed by atoms with Gasteiger partial charge in [-0.1, -0.05) is 18.2 Å². The molecule has 1 saturated heterocycles. The van der Waals surface area contributed by atoms with Gasteiger partial charge in [0.2, 0.25) is 5.91 Å². The summed E-state index contributed by atoms with van der Waals surface area (Å²) in [5.41, 5.74) is 1.67. The highest BCUT2D eigenvalue weighted by Crippen LogP contribution is 2.22. The number of hydrogen-bond acceptors (Lipinski definition) is 4. The van der Waals surface area contributed by atoms with Crippen molar-refractivity contribution in [2.45, 2.75) is 6.42 Å². The topological polar surface area (TPSA) is 65.4 Å². The SMILES string of the molecule is N#CN1CCC(=CC(=O)Nc2ccc(Oc3ccccc3)cc2)C1. The van der Waals surface area contributed by atoms with E-state index < -0.39 is 0 Å². The molecule has 0 saturated carbocycles. The van der Waals surface area contributed by atoms with Gasteiger partial charge in [0.25, 0.3) is 0 Å². The zero-order valence-corrected chi connectivity index (χ0v) is 13.1. The molecule has 1 aliphatic rings. The number of nitriles is 1. The monoisotopic (exact) mass is 319 g/mol. The van der Waals surface area contributed by atoms with Gasteiger partial charge in [-0.15, -0.1) is 0 Å². The summed E-state index contributed by atoms with van der Waals surface area (Å²) in [5, 5.41) is 11.6. The summed E-state index contributed by atoms with van der Waals surface area (Å²) < 4.78 is 5.71. The second-order valence-electron chi connectivity index (χ2n) is 5.50. The first kappa shape index (κ1) is 15.6. The van der Waals surface area contributed by atoms with E-state index in [1.54, 1.807) is 23.1 Å². The predicted octanol–water partition coefficient (Wildman–Crippen LogP) is 3.53. The number of para-hydroxylation sites is 1. The van der Waals surface area contributed by atoms with Gasteiger partial charge in [-0.2, -0.15) is 5.26 Å². The number of nitrogens with one attached hydrogen (secondary N) is 1. The summed E-state index contributed by atoms with van der Waals surface area (Å²) in [7, 11) is 0.